The van der Waals surface area contributed by atoms with Crippen molar-refractivity contribution in [3.63, 3.8) is 0 Å². The lowest BCUT2D eigenvalue weighted by atomic mass is 9.66. The second kappa shape index (κ2) is 7.51. The summed E-state index contributed by atoms with van der Waals surface area (Å²) < 4.78 is 5.03. The van der Waals surface area contributed by atoms with Crippen LogP contribution >= 0.6 is 24.2 Å². The van der Waals surface area contributed by atoms with E-state index in [1.54, 1.807) is 18.2 Å². The topological polar surface area (TPSA) is 66.8 Å². The highest BCUT2D eigenvalue weighted by atomic mass is 35.5. The van der Waals surface area contributed by atoms with Crippen LogP contribution in [0.15, 0.2) is 24.3 Å². The Labute approximate surface area is 163 Å². The summed E-state index contributed by atoms with van der Waals surface area (Å²) in [6.45, 7) is 0.938. The maximum Gasteiger partial charge on any atom is 0.327 e. The minimum atomic E-state index is -0.947. The first-order valence-corrected chi connectivity index (χ1v) is 9.30. The number of esters is 1. The Morgan fingerprint density at radius 2 is 2.19 bits per heavy atom. The van der Waals surface area contributed by atoms with Crippen LogP contribution in [-0.2, 0) is 14.3 Å². The zero-order chi connectivity index (χ0) is 18.9. The highest BCUT2D eigenvalue weighted by Gasteiger charge is 2.53. The number of ether oxygens (including phenoxy) is 1. The van der Waals surface area contributed by atoms with E-state index in [1.165, 1.54) is 7.11 Å². The molecule has 26 heavy (non-hydrogen) atoms. The fraction of sp³-hybridized carbons (Fsp3) is 0.474. The summed E-state index contributed by atoms with van der Waals surface area (Å²) in [5.41, 5.74) is -0.133. The molecule has 1 aromatic rings. The number of nitrogens with zero attached hydrogens (tertiary/aromatic N) is 1. The molecule has 0 aromatic heterocycles. The number of aliphatic carboxylic acids is 1. The molecule has 2 aliphatic rings. The van der Waals surface area contributed by atoms with Crippen molar-refractivity contribution in [2.24, 2.45) is 11.3 Å². The molecule has 1 fully saturated rings. The molecule has 0 amide bonds. The lowest BCUT2D eigenvalue weighted by Crippen LogP contribution is -2.53. The number of hydrogen-bond donors (Lipinski definition) is 2. The van der Waals surface area contributed by atoms with Gasteiger partial charge in [-0.15, -0.1) is 0 Å². The standard InChI is InChI=1S/C19H20ClNO4S/c1-25-18(24)16(12-5-2-3-6-14(12)20)21-10-4-7-15(26)19(11-21)9-8-13(19)17(22)23/h2-3,5-6,13,15-16,26H,4,7,10-11H2,1H3,(H,22,23)/t13?,15-,16+,19?/m1/s1. The van der Waals surface area contributed by atoms with Crippen molar-refractivity contribution in [1.29, 1.82) is 0 Å². The van der Waals surface area contributed by atoms with Crippen LogP contribution < -0.4 is 0 Å². The number of carboxylic acid groups (broad SMARTS) is 1. The summed E-state index contributed by atoms with van der Waals surface area (Å²) in [5, 5.41) is 9.84. The minimum Gasteiger partial charge on any atom is -0.480 e. The molecular weight excluding hydrogens is 374 g/mol. The Morgan fingerprint density at radius 3 is 2.77 bits per heavy atom. The average molecular weight is 394 g/mol. The van der Waals surface area contributed by atoms with E-state index < -0.39 is 29.3 Å². The Morgan fingerprint density at radius 1 is 1.46 bits per heavy atom. The molecule has 1 saturated heterocycles. The maximum atomic E-state index is 12.6. The lowest BCUT2D eigenvalue weighted by molar-refractivity contribution is -0.148. The number of hydrogen-bond acceptors (Lipinski definition) is 5. The number of carbonyl (C=O) groups is 2. The number of likely N-dealkylation sites (tertiary alicyclic amines) is 1. The number of carboxylic acids is 1. The van der Waals surface area contributed by atoms with Crippen LogP contribution in [0.1, 0.15) is 24.4 Å². The average Bonchev–Trinajstić information content (AvgIpc) is 2.75. The summed E-state index contributed by atoms with van der Waals surface area (Å²) in [6.07, 6.45) is 1.51. The van der Waals surface area contributed by atoms with Gasteiger partial charge in [-0.25, -0.2) is 4.79 Å². The second-order valence-corrected chi connectivity index (χ2v) is 7.69. The normalized spacial score (nSPS) is 29.0. The van der Waals surface area contributed by atoms with E-state index in [1.807, 2.05) is 11.0 Å². The molecule has 4 atom stereocenters. The van der Waals surface area contributed by atoms with Gasteiger partial charge in [0.15, 0.2) is 0 Å². The summed E-state index contributed by atoms with van der Waals surface area (Å²) in [5.74, 6) is 3.65. The predicted molar refractivity (Wildman–Crippen MR) is 101 cm³/mol. The number of carbonyl (C=O) groups excluding carboxylic acids is 1. The Balaban J connectivity index is 2.00. The quantitative estimate of drug-likeness (QED) is 0.467. The molecule has 3 rings (SSSR count). The predicted octanol–water partition coefficient (Wildman–Crippen LogP) is 2.65. The van der Waals surface area contributed by atoms with Gasteiger partial charge in [-0.2, -0.15) is 12.6 Å². The molecule has 1 aliphatic heterocycles. The fourth-order valence-corrected chi connectivity index (χ4v) is 4.50. The monoisotopic (exact) mass is 393 g/mol. The summed E-state index contributed by atoms with van der Waals surface area (Å²) in [4.78, 5) is 26.2. The van der Waals surface area contributed by atoms with Crippen LogP contribution in [0.5, 0.6) is 0 Å². The van der Waals surface area contributed by atoms with E-state index in [0.29, 0.717) is 23.7 Å². The summed E-state index contributed by atoms with van der Waals surface area (Å²) in [6, 6.07) is 6.42. The van der Waals surface area contributed by atoms with Crippen molar-refractivity contribution in [2.75, 3.05) is 20.2 Å². The van der Waals surface area contributed by atoms with E-state index >= 15 is 0 Å². The van der Waals surface area contributed by atoms with Crippen LogP contribution in [0, 0.1) is 23.2 Å². The third-order valence-electron chi connectivity index (χ3n) is 5.18. The smallest absolute Gasteiger partial charge is 0.327 e. The van der Waals surface area contributed by atoms with E-state index in [-0.39, 0.29) is 5.25 Å². The van der Waals surface area contributed by atoms with Crippen LogP contribution in [-0.4, -0.2) is 47.4 Å². The molecule has 2 unspecified atom stereocenters. The van der Waals surface area contributed by atoms with Gasteiger partial charge in [-0.05, 0) is 31.0 Å². The lowest BCUT2D eigenvalue weighted by Gasteiger charge is -2.43. The molecule has 138 valence electrons. The molecule has 7 heteroatoms. The van der Waals surface area contributed by atoms with Crippen molar-refractivity contribution in [3.05, 3.63) is 34.9 Å². The molecule has 1 heterocycles. The largest absolute Gasteiger partial charge is 0.480 e. The molecule has 1 N–H and O–H groups in total. The van der Waals surface area contributed by atoms with Crippen molar-refractivity contribution >= 4 is 36.2 Å². The minimum absolute atomic E-state index is 0.167. The highest BCUT2D eigenvalue weighted by molar-refractivity contribution is 7.81. The number of methoxy groups -OCH3 is 1. The summed E-state index contributed by atoms with van der Waals surface area (Å²) in [7, 11) is 1.34. The molecular formula is C19H20ClNO4S. The van der Waals surface area contributed by atoms with Gasteiger partial charge in [0.2, 0.25) is 0 Å². The maximum absolute atomic E-state index is 12.6. The zero-order valence-corrected chi connectivity index (χ0v) is 16.0. The first kappa shape index (κ1) is 19.1. The molecule has 1 aromatic carbocycles. The summed E-state index contributed by atoms with van der Waals surface area (Å²) >= 11 is 11.0. The third kappa shape index (κ3) is 3.20. The van der Waals surface area contributed by atoms with Gasteiger partial charge in [0.05, 0.1) is 12.5 Å². The van der Waals surface area contributed by atoms with E-state index in [9.17, 15) is 14.7 Å². The number of benzene rings is 1. The van der Waals surface area contributed by atoms with E-state index in [4.69, 9.17) is 16.3 Å². The van der Waals surface area contributed by atoms with Gasteiger partial charge in [-0.3, -0.25) is 9.69 Å². The van der Waals surface area contributed by atoms with Gasteiger partial charge in [0.25, 0.3) is 0 Å². The Bertz CT molecular complexity index is 789. The number of rotatable bonds is 4. The van der Waals surface area contributed by atoms with E-state index in [0.717, 1.165) is 12.8 Å². The zero-order valence-electron chi connectivity index (χ0n) is 14.3. The van der Waals surface area contributed by atoms with Gasteiger partial charge >= 0.3 is 11.9 Å². The van der Waals surface area contributed by atoms with Crippen LogP contribution in [0.4, 0.5) is 0 Å². The molecule has 0 radical (unpaired) electrons. The molecule has 0 bridgehead atoms. The molecule has 1 aliphatic carbocycles. The number of halogens is 1. The van der Waals surface area contributed by atoms with E-state index in [2.05, 4.69) is 24.5 Å². The van der Waals surface area contributed by atoms with Gasteiger partial charge < -0.3 is 9.84 Å². The van der Waals surface area contributed by atoms with Crippen molar-refractivity contribution in [3.8, 4) is 11.8 Å². The number of thiol groups is 1. The third-order valence-corrected chi connectivity index (χ3v) is 6.25. The highest BCUT2D eigenvalue weighted by Crippen LogP contribution is 2.46. The van der Waals surface area contributed by atoms with Crippen molar-refractivity contribution in [1.82, 2.24) is 4.90 Å². The Kier molecular flexibility index (Phi) is 5.52. The molecule has 5 nitrogen and oxygen atoms in total. The van der Waals surface area contributed by atoms with Crippen LogP contribution in [0.25, 0.3) is 0 Å². The van der Waals surface area contributed by atoms with Gasteiger partial charge in [0, 0.05) is 16.8 Å². The molecule has 1 spiro atoms. The fourth-order valence-electron chi connectivity index (χ4n) is 3.79. The Hall–Kier alpha value is -1.68. The first-order chi connectivity index (χ1) is 12.4. The van der Waals surface area contributed by atoms with Gasteiger partial charge in [0.1, 0.15) is 12.0 Å². The van der Waals surface area contributed by atoms with Crippen molar-refractivity contribution in [2.45, 2.75) is 24.1 Å². The van der Waals surface area contributed by atoms with Crippen molar-refractivity contribution < 1.29 is 19.4 Å². The second-order valence-electron chi connectivity index (χ2n) is 6.66. The van der Waals surface area contributed by atoms with Gasteiger partial charge in [-0.1, -0.05) is 41.6 Å². The molecule has 0 saturated carbocycles. The van der Waals surface area contributed by atoms with Crippen LogP contribution in [0.2, 0.25) is 5.02 Å². The SMILES string of the molecule is COC(=O)[C@H](c1ccccc1Cl)N1CCC[C@@H](S)C2(C#CC2C(=O)O)C1. The van der Waals surface area contributed by atoms with Crippen LogP contribution in [0.3, 0.4) is 0 Å². The first-order valence-electron chi connectivity index (χ1n) is 8.40.